The molecule has 26 heavy (non-hydrogen) atoms. The molecular weight excluding hydrogens is 348 g/mol. The van der Waals surface area contributed by atoms with Gasteiger partial charge in [-0.25, -0.2) is 0 Å². The van der Waals surface area contributed by atoms with Gasteiger partial charge in [-0.1, -0.05) is 19.4 Å². The molecule has 0 saturated heterocycles. The zero-order valence-corrected chi connectivity index (χ0v) is 15.9. The largest absolute Gasteiger partial charge is 0.497 e. The Morgan fingerprint density at radius 2 is 1.73 bits per heavy atom. The zero-order valence-electron chi connectivity index (χ0n) is 15.1. The molecule has 0 aromatic heterocycles. The number of carbonyl (C=O) groups excluding carboxylic acids is 2. The number of amides is 2. The Kier molecular flexibility index (Phi) is 8.02. The van der Waals surface area contributed by atoms with Gasteiger partial charge in [0.05, 0.1) is 12.9 Å². The number of methoxy groups -OCH3 is 1. The van der Waals surface area contributed by atoms with E-state index >= 15 is 0 Å². The van der Waals surface area contributed by atoms with E-state index in [0.29, 0.717) is 12.2 Å². The Bertz CT molecular complexity index is 732. The predicted molar refractivity (Wildman–Crippen MR) is 107 cm³/mol. The van der Waals surface area contributed by atoms with Crippen LogP contribution in [0.1, 0.15) is 26.2 Å². The minimum absolute atomic E-state index is 0.0197. The van der Waals surface area contributed by atoms with Gasteiger partial charge >= 0.3 is 0 Å². The minimum Gasteiger partial charge on any atom is -0.497 e. The molecule has 2 N–H and O–H groups in total. The van der Waals surface area contributed by atoms with Crippen LogP contribution in [-0.2, 0) is 9.59 Å². The lowest BCUT2D eigenvalue weighted by Gasteiger charge is -2.08. The Morgan fingerprint density at radius 3 is 2.42 bits per heavy atom. The number of ether oxygens (including phenoxy) is 1. The molecule has 0 bridgehead atoms. The fraction of sp³-hybridized carbons (Fsp3) is 0.300. The minimum atomic E-state index is -0.0856. The third kappa shape index (κ3) is 6.80. The van der Waals surface area contributed by atoms with Crippen molar-refractivity contribution in [2.45, 2.75) is 31.1 Å². The fourth-order valence-electron chi connectivity index (χ4n) is 2.24. The third-order valence-electron chi connectivity index (χ3n) is 3.62. The van der Waals surface area contributed by atoms with Crippen molar-refractivity contribution in [2.24, 2.45) is 0 Å². The first kappa shape index (κ1) is 19.8. The second-order valence-corrected chi connectivity index (χ2v) is 6.79. The fourth-order valence-corrected chi connectivity index (χ4v) is 3.00. The van der Waals surface area contributed by atoms with Gasteiger partial charge < -0.3 is 15.4 Å². The van der Waals surface area contributed by atoms with E-state index in [1.165, 1.54) is 11.8 Å². The molecule has 0 aliphatic heterocycles. The van der Waals surface area contributed by atoms with Crippen molar-refractivity contribution in [3.05, 3.63) is 48.5 Å². The summed E-state index contributed by atoms with van der Waals surface area (Å²) in [5, 5.41) is 5.74. The molecule has 0 aliphatic carbocycles. The Hall–Kier alpha value is -2.47. The van der Waals surface area contributed by atoms with E-state index in [1.54, 1.807) is 31.4 Å². The molecule has 5 nitrogen and oxygen atoms in total. The first-order valence-corrected chi connectivity index (χ1v) is 9.56. The van der Waals surface area contributed by atoms with Crippen LogP contribution in [0.5, 0.6) is 5.75 Å². The molecule has 0 saturated carbocycles. The van der Waals surface area contributed by atoms with Crippen molar-refractivity contribution in [1.82, 2.24) is 0 Å². The van der Waals surface area contributed by atoms with Crippen LogP contribution < -0.4 is 15.4 Å². The van der Waals surface area contributed by atoms with Crippen molar-refractivity contribution in [3.8, 4) is 5.75 Å². The van der Waals surface area contributed by atoms with Gasteiger partial charge in [0.2, 0.25) is 11.8 Å². The Morgan fingerprint density at radius 1 is 1.00 bits per heavy atom. The summed E-state index contributed by atoms with van der Waals surface area (Å²) in [6.07, 6.45) is 2.40. The van der Waals surface area contributed by atoms with E-state index in [2.05, 4.69) is 17.6 Å². The first-order valence-electron chi connectivity index (χ1n) is 8.57. The predicted octanol–water partition coefficient (Wildman–Crippen LogP) is 4.55. The van der Waals surface area contributed by atoms with Gasteiger partial charge in [-0.05, 0) is 48.9 Å². The van der Waals surface area contributed by atoms with Gasteiger partial charge in [0, 0.05) is 22.7 Å². The normalized spacial score (nSPS) is 10.2. The molecule has 0 spiro atoms. The number of thioether (sulfide) groups is 1. The number of nitrogens with one attached hydrogen (secondary N) is 2. The van der Waals surface area contributed by atoms with Crippen LogP contribution in [-0.4, -0.2) is 24.7 Å². The highest BCUT2D eigenvalue weighted by Gasteiger charge is 2.06. The molecule has 0 radical (unpaired) electrons. The molecule has 0 aliphatic rings. The topological polar surface area (TPSA) is 67.4 Å². The highest BCUT2D eigenvalue weighted by molar-refractivity contribution is 8.00. The van der Waals surface area contributed by atoms with Gasteiger partial charge in [-0.2, -0.15) is 0 Å². The molecular formula is C20H24N2O3S. The molecule has 0 heterocycles. The summed E-state index contributed by atoms with van der Waals surface area (Å²) in [4.78, 5) is 24.8. The van der Waals surface area contributed by atoms with E-state index in [4.69, 9.17) is 4.74 Å². The van der Waals surface area contributed by atoms with Crippen molar-refractivity contribution >= 4 is 35.0 Å². The van der Waals surface area contributed by atoms with Crippen molar-refractivity contribution in [1.29, 1.82) is 0 Å². The van der Waals surface area contributed by atoms with Crippen LogP contribution in [0.25, 0.3) is 0 Å². The second kappa shape index (κ2) is 10.5. The van der Waals surface area contributed by atoms with E-state index in [1.807, 2.05) is 24.3 Å². The molecule has 0 unspecified atom stereocenters. The Labute approximate surface area is 158 Å². The number of rotatable bonds is 9. The molecule has 0 atom stereocenters. The lowest BCUT2D eigenvalue weighted by Crippen LogP contribution is -2.14. The van der Waals surface area contributed by atoms with Crippen LogP contribution in [0.4, 0.5) is 11.4 Å². The number of hydrogen-bond donors (Lipinski definition) is 2. The molecule has 0 fully saturated rings. The van der Waals surface area contributed by atoms with Crippen LogP contribution >= 0.6 is 11.8 Å². The third-order valence-corrected chi connectivity index (χ3v) is 4.61. The van der Waals surface area contributed by atoms with E-state index < -0.39 is 0 Å². The summed E-state index contributed by atoms with van der Waals surface area (Å²) >= 11 is 1.43. The van der Waals surface area contributed by atoms with Crippen molar-refractivity contribution in [2.75, 3.05) is 23.5 Å². The average molecular weight is 372 g/mol. The number of benzene rings is 2. The van der Waals surface area contributed by atoms with Crippen LogP contribution in [0.15, 0.2) is 53.4 Å². The first-order chi connectivity index (χ1) is 12.6. The molecule has 2 amide bonds. The molecule has 2 rings (SSSR count). The highest BCUT2D eigenvalue weighted by Crippen LogP contribution is 2.22. The summed E-state index contributed by atoms with van der Waals surface area (Å²) in [7, 11) is 1.60. The van der Waals surface area contributed by atoms with Crippen molar-refractivity contribution < 1.29 is 14.3 Å². The highest BCUT2D eigenvalue weighted by atomic mass is 32.2. The summed E-state index contributed by atoms with van der Waals surface area (Å²) in [5.74, 6) is 0.971. The standard InChI is InChI=1S/C20H24N2O3S/c1-3-4-8-19(23)22-16-6-5-7-18(13-16)26-14-20(24)21-15-9-11-17(25-2)12-10-15/h5-7,9-13H,3-4,8,14H2,1-2H3,(H,21,24)(H,22,23). The number of carbonyl (C=O) groups is 2. The maximum atomic E-state index is 12.1. The monoisotopic (exact) mass is 372 g/mol. The van der Waals surface area contributed by atoms with Crippen LogP contribution in [0, 0.1) is 0 Å². The van der Waals surface area contributed by atoms with Crippen LogP contribution in [0.3, 0.4) is 0 Å². The SMILES string of the molecule is CCCCC(=O)Nc1cccc(SCC(=O)Nc2ccc(OC)cc2)c1. The maximum absolute atomic E-state index is 12.1. The van der Waals surface area contributed by atoms with E-state index in [9.17, 15) is 9.59 Å². The van der Waals surface area contributed by atoms with Gasteiger partial charge in [0.25, 0.3) is 0 Å². The lowest BCUT2D eigenvalue weighted by atomic mass is 10.2. The van der Waals surface area contributed by atoms with E-state index in [0.717, 1.165) is 34.9 Å². The molecule has 2 aromatic rings. The van der Waals surface area contributed by atoms with Crippen molar-refractivity contribution in [3.63, 3.8) is 0 Å². The smallest absolute Gasteiger partial charge is 0.234 e. The summed E-state index contributed by atoms with van der Waals surface area (Å²) < 4.78 is 5.09. The zero-order chi connectivity index (χ0) is 18.8. The quantitative estimate of drug-likeness (QED) is 0.634. The van der Waals surface area contributed by atoms with Gasteiger partial charge in [0.15, 0.2) is 0 Å². The summed E-state index contributed by atoms with van der Waals surface area (Å²) in [6, 6.07) is 14.7. The second-order valence-electron chi connectivity index (χ2n) is 5.74. The number of hydrogen-bond acceptors (Lipinski definition) is 4. The van der Waals surface area contributed by atoms with Crippen LogP contribution in [0.2, 0.25) is 0 Å². The molecule has 6 heteroatoms. The summed E-state index contributed by atoms with van der Waals surface area (Å²) in [5.41, 5.74) is 1.49. The van der Waals surface area contributed by atoms with Gasteiger partial charge in [0.1, 0.15) is 5.75 Å². The molecule has 2 aromatic carbocycles. The maximum Gasteiger partial charge on any atom is 0.234 e. The molecule has 138 valence electrons. The van der Waals surface area contributed by atoms with Gasteiger partial charge in [-0.15, -0.1) is 11.8 Å². The van der Waals surface area contributed by atoms with Gasteiger partial charge in [-0.3, -0.25) is 9.59 Å². The number of unbranched alkanes of at least 4 members (excludes halogenated alkanes) is 1. The average Bonchev–Trinajstić information content (AvgIpc) is 2.65. The number of anilines is 2. The van der Waals surface area contributed by atoms with E-state index in [-0.39, 0.29) is 11.8 Å². The Balaban J connectivity index is 1.83. The summed E-state index contributed by atoms with van der Waals surface area (Å²) in [6.45, 7) is 2.06. The lowest BCUT2D eigenvalue weighted by molar-refractivity contribution is -0.116.